The Labute approximate surface area is 117 Å². The molecule has 0 aromatic heterocycles. The number of carbonyl (C=O) groups is 2. The first-order valence-electron chi connectivity index (χ1n) is 6.46. The normalized spacial score (nSPS) is 22.2. The Morgan fingerprint density at radius 3 is 2.53 bits per heavy atom. The summed E-state index contributed by atoms with van der Waals surface area (Å²) in [6.45, 7) is 2.14. The van der Waals surface area contributed by atoms with E-state index in [1.807, 2.05) is 30.3 Å². The SMILES string of the molecule is CCCCSCC1(c2ccccc2)NC(=O)NC1=O. The number of thioether (sulfide) groups is 1. The average molecular weight is 278 g/mol. The molecular weight excluding hydrogens is 260 g/mol. The molecule has 0 aliphatic carbocycles. The Morgan fingerprint density at radius 1 is 1.21 bits per heavy atom. The van der Waals surface area contributed by atoms with Crippen LogP contribution in [0.3, 0.4) is 0 Å². The van der Waals surface area contributed by atoms with Crippen molar-refractivity contribution in [1.29, 1.82) is 0 Å². The van der Waals surface area contributed by atoms with Gasteiger partial charge in [0.25, 0.3) is 5.91 Å². The lowest BCUT2D eigenvalue weighted by Gasteiger charge is -2.26. The van der Waals surface area contributed by atoms with Crippen molar-refractivity contribution in [3.63, 3.8) is 0 Å². The van der Waals surface area contributed by atoms with Crippen LogP contribution in [0, 0.1) is 0 Å². The minimum Gasteiger partial charge on any atom is -0.319 e. The monoisotopic (exact) mass is 278 g/mol. The molecule has 4 nitrogen and oxygen atoms in total. The number of carbonyl (C=O) groups excluding carboxylic acids is 2. The molecule has 102 valence electrons. The topological polar surface area (TPSA) is 58.2 Å². The molecule has 1 aliphatic rings. The van der Waals surface area contributed by atoms with Gasteiger partial charge >= 0.3 is 6.03 Å². The van der Waals surface area contributed by atoms with Gasteiger partial charge in [-0.05, 0) is 17.7 Å². The van der Waals surface area contributed by atoms with Crippen LogP contribution in [0.1, 0.15) is 25.3 Å². The van der Waals surface area contributed by atoms with Gasteiger partial charge in [0.05, 0.1) is 0 Å². The van der Waals surface area contributed by atoms with E-state index in [0.717, 1.165) is 24.2 Å². The molecule has 1 aromatic carbocycles. The molecule has 0 bridgehead atoms. The fourth-order valence-electron chi connectivity index (χ4n) is 2.07. The molecule has 1 unspecified atom stereocenters. The molecule has 1 fully saturated rings. The predicted molar refractivity (Wildman–Crippen MR) is 77.0 cm³/mol. The van der Waals surface area contributed by atoms with Crippen LogP contribution in [-0.2, 0) is 10.3 Å². The lowest BCUT2D eigenvalue weighted by atomic mass is 9.92. The summed E-state index contributed by atoms with van der Waals surface area (Å²) in [6.07, 6.45) is 2.25. The number of unbranched alkanes of at least 4 members (excludes halogenated alkanes) is 1. The van der Waals surface area contributed by atoms with Gasteiger partial charge in [0.15, 0.2) is 5.54 Å². The van der Waals surface area contributed by atoms with Gasteiger partial charge < -0.3 is 5.32 Å². The van der Waals surface area contributed by atoms with E-state index >= 15 is 0 Å². The highest BCUT2D eigenvalue weighted by molar-refractivity contribution is 7.99. The third-order valence-corrected chi connectivity index (χ3v) is 4.38. The molecular formula is C14H18N2O2S. The molecule has 0 radical (unpaired) electrons. The number of hydrogen-bond acceptors (Lipinski definition) is 3. The molecule has 0 saturated carbocycles. The third kappa shape index (κ3) is 2.92. The van der Waals surface area contributed by atoms with Gasteiger partial charge in [-0.15, -0.1) is 0 Å². The van der Waals surface area contributed by atoms with E-state index < -0.39 is 11.6 Å². The summed E-state index contributed by atoms with van der Waals surface area (Å²) in [6, 6.07) is 9.01. The summed E-state index contributed by atoms with van der Waals surface area (Å²) in [5.41, 5.74) is -0.0844. The minimum absolute atomic E-state index is 0.257. The van der Waals surface area contributed by atoms with Gasteiger partial charge in [0, 0.05) is 5.75 Å². The fourth-order valence-corrected chi connectivity index (χ4v) is 3.39. The predicted octanol–water partition coefficient (Wildman–Crippen LogP) is 2.25. The van der Waals surface area contributed by atoms with E-state index in [-0.39, 0.29) is 5.91 Å². The lowest BCUT2D eigenvalue weighted by molar-refractivity contribution is -0.123. The molecule has 19 heavy (non-hydrogen) atoms. The van der Waals surface area contributed by atoms with Crippen molar-refractivity contribution in [3.05, 3.63) is 35.9 Å². The molecule has 2 N–H and O–H groups in total. The van der Waals surface area contributed by atoms with E-state index in [2.05, 4.69) is 17.6 Å². The highest BCUT2D eigenvalue weighted by atomic mass is 32.2. The van der Waals surface area contributed by atoms with Crippen molar-refractivity contribution < 1.29 is 9.59 Å². The average Bonchev–Trinajstić information content (AvgIpc) is 2.71. The second-order valence-corrected chi connectivity index (χ2v) is 5.69. The van der Waals surface area contributed by atoms with E-state index in [4.69, 9.17) is 0 Å². The second kappa shape index (κ2) is 6.10. The standard InChI is InChI=1S/C14H18N2O2S/c1-2-3-9-19-10-14(11-7-5-4-6-8-11)12(17)15-13(18)16-14/h4-8H,2-3,9-10H2,1H3,(H2,15,16,17,18). The van der Waals surface area contributed by atoms with Gasteiger partial charge in [-0.25, -0.2) is 4.79 Å². The first-order chi connectivity index (χ1) is 9.19. The van der Waals surface area contributed by atoms with Crippen LogP contribution < -0.4 is 10.6 Å². The smallest absolute Gasteiger partial charge is 0.319 e. The molecule has 1 aromatic rings. The quantitative estimate of drug-likeness (QED) is 0.620. The molecule has 1 saturated heterocycles. The first-order valence-corrected chi connectivity index (χ1v) is 7.61. The zero-order chi connectivity index (χ0) is 13.7. The summed E-state index contributed by atoms with van der Waals surface area (Å²) in [5.74, 6) is 1.30. The van der Waals surface area contributed by atoms with Crippen molar-refractivity contribution >= 4 is 23.7 Å². The maximum Gasteiger partial charge on any atom is 0.322 e. The van der Waals surface area contributed by atoms with Gasteiger partial charge in [-0.2, -0.15) is 11.8 Å². The van der Waals surface area contributed by atoms with E-state index in [9.17, 15) is 9.59 Å². The molecule has 1 aliphatic heterocycles. The first kappa shape index (κ1) is 13.9. The fraction of sp³-hybridized carbons (Fsp3) is 0.429. The van der Waals surface area contributed by atoms with Crippen molar-refractivity contribution in [1.82, 2.24) is 10.6 Å². The van der Waals surface area contributed by atoms with Crippen LogP contribution in [-0.4, -0.2) is 23.4 Å². The molecule has 2 rings (SSSR count). The van der Waals surface area contributed by atoms with Crippen LogP contribution in [0.5, 0.6) is 0 Å². The number of urea groups is 1. The number of benzene rings is 1. The van der Waals surface area contributed by atoms with Crippen molar-refractivity contribution in [2.45, 2.75) is 25.3 Å². The summed E-state index contributed by atoms with van der Waals surface area (Å²) in [5, 5.41) is 5.13. The van der Waals surface area contributed by atoms with Crippen LogP contribution in [0.4, 0.5) is 4.79 Å². The third-order valence-electron chi connectivity index (χ3n) is 3.17. The number of imide groups is 1. The number of nitrogens with one attached hydrogen (secondary N) is 2. The molecule has 1 atom stereocenters. The second-order valence-electron chi connectivity index (χ2n) is 4.59. The van der Waals surface area contributed by atoms with Gasteiger partial charge in [0.2, 0.25) is 0 Å². The molecule has 1 heterocycles. The van der Waals surface area contributed by atoms with Crippen LogP contribution in [0.25, 0.3) is 0 Å². The Bertz CT molecular complexity index is 464. The summed E-state index contributed by atoms with van der Waals surface area (Å²) in [4.78, 5) is 23.6. The zero-order valence-corrected chi connectivity index (χ0v) is 11.8. The molecule has 3 amide bonds. The Kier molecular flexibility index (Phi) is 4.47. The van der Waals surface area contributed by atoms with Gasteiger partial charge in [-0.3, -0.25) is 10.1 Å². The molecule has 5 heteroatoms. The van der Waals surface area contributed by atoms with Crippen LogP contribution in [0.15, 0.2) is 30.3 Å². The van der Waals surface area contributed by atoms with Crippen LogP contribution in [0.2, 0.25) is 0 Å². The van der Waals surface area contributed by atoms with Crippen molar-refractivity contribution in [3.8, 4) is 0 Å². The largest absolute Gasteiger partial charge is 0.322 e. The molecule has 0 spiro atoms. The minimum atomic E-state index is -0.920. The van der Waals surface area contributed by atoms with Crippen molar-refractivity contribution in [2.75, 3.05) is 11.5 Å². The Balaban J connectivity index is 2.19. The van der Waals surface area contributed by atoms with Crippen LogP contribution >= 0.6 is 11.8 Å². The van der Waals surface area contributed by atoms with E-state index in [1.54, 1.807) is 11.8 Å². The van der Waals surface area contributed by atoms with E-state index in [0.29, 0.717) is 5.75 Å². The summed E-state index contributed by atoms with van der Waals surface area (Å²) in [7, 11) is 0. The number of amides is 3. The maximum absolute atomic E-state index is 12.2. The highest BCUT2D eigenvalue weighted by Crippen LogP contribution is 2.29. The lowest BCUT2D eigenvalue weighted by Crippen LogP contribution is -2.46. The van der Waals surface area contributed by atoms with E-state index in [1.165, 1.54) is 0 Å². The summed E-state index contributed by atoms with van der Waals surface area (Å²) >= 11 is 1.70. The Morgan fingerprint density at radius 2 is 1.95 bits per heavy atom. The number of hydrogen-bond donors (Lipinski definition) is 2. The Hall–Kier alpha value is -1.49. The highest BCUT2D eigenvalue weighted by Gasteiger charge is 2.47. The van der Waals surface area contributed by atoms with Gasteiger partial charge in [0.1, 0.15) is 0 Å². The maximum atomic E-state index is 12.2. The van der Waals surface area contributed by atoms with Crippen molar-refractivity contribution in [2.24, 2.45) is 0 Å². The zero-order valence-electron chi connectivity index (χ0n) is 10.9. The summed E-state index contributed by atoms with van der Waals surface area (Å²) < 4.78 is 0. The number of rotatable bonds is 6. The van der Waals surface area contributed by atoms with Gasteiger partial charge in [-0.1, -0.05) is 43.7 Å².